The van der Waals surface area contributed by atoms with Crippen LogP contribution in [0.3, 0.4) is 0 Å². The molecule has 0 radical (unpaired) electrons. The average Bonchev–Trinajstić information content (AvgIpc) is 2.67. The minimum absolute atomic E-state index is 0.00721. The Kier molecular flexibility index (Phi) is 8.25. The van der Waals surface area contributed by atoms with Crippen molar-refractivity contribution in [1.29, 1.82) is 0 Å². The van der Waals surface area contributed by atoms with Crippen molar-refractivity contribution in [3.05, 3.63) is 24.3 Å². The lowest BCUT2D eigenvalue weighted by atomic mass is 9.86. The van der Waals surface area contributed by atoms with Gasteiger partial charge in [-0.15, -0.1) is 0 Å². The van der Waals surface area contributed by atoms with Gasteiger partial charge < -0.3 is 14.8 Å². The number of ether oxygens (including phenoxy) is 2. The summed E-state index contributed by atoms with van der Waals surface area (Å²) < 4.78 is 36.7. The van der Waals surface area contributed by atoms with Crippen LogP contribution in [0.15, 0.2) is 29.2 Å². The molecule has 2 atom stereocenters. The Labute approximate surface area is 166 Å². The third-order valence-corrected chi connectivity index (χ3v) is 6.09. The molecule has 1 aliphatic carbocycles. The first-order chi connectivity index (χ1) is 13.3. The number of nitrogens with one attached hydrogen (secondary N) is 2. The van der Waals surface area contributed by atoms with E-state index in [9.17, 15) is 18.0 Å². The predicted molar refractivity (Wildman–Crippen MR) is 103 cm³/mol. The summed E-state index contributed by atoms with van der Waals surface area (Å²) in [6, 6.07) is 5.94. The minimum atomic E-state index is -3.86. The van der Waals surface area contributed by atoms with Crippen LogP contribution in [-0.4, -0.2) is 46.1 Å². The van der Waals surface area contributed by atoms with Crippen LogP contribution in [0.1, 0.15) is 39.5 Å². The SMILES string of the molecule is CCOc1ccc(S(=O)(=O)NCC(=O)OCC(=O)N[C@@H]2CCCC[C@@H]2C)cc1. The molecular weight excluding hydrogens is 384 g/mol. The van der Waals surface area contributed by atoms with Crippen molar-refractivity contribution < 1.29 is 27.5 Å². The molecule has 0 aliphatic heterocycles. The maximum absolute atomic E-state index is 12.2. The van der Waals surface area contributed by atoms with Crippen molar-refractivity contribution >= 4 is 21.9 Å². The average molecular weight is 413 g/mol. The van der Waals surface area contributed by atoms with E-state index in [1.807, 2.05) is 6.92 Å². The summed E-state index contributed by atoms with van der Waals surface area (Å²) in [5.74, 6) is -0.240. The van der Waals surface area contributed by atoms with Gasteiger partial charge in [-0.3, -0.25) is 9.59 Å². The number of carbonyl (C=O) groups is 2. The van der Waals surface area contributed by atoms with Crippen LogP contribution >= 0.6 is 0 Å². The molecular formula is C19H28N2O6S. The number of carbonyl (C=O) groups excluding carboxylic acids is 2. The van der Waals surface area contributed by atoms with Crippen LogP contribution in [0.2, 0.25) is 0 Å². The van der Waals surface area contributed by atoms with Crippen molar-refractivity contribution in [2.24, 2.45) is 5.92 Å². The molecule has 9 heteroatoms. The van der Waals surface area contributed by atoms with Gasteiger partial charge >= 0.3 is 5.97 Å². The lowest BCUT2D eigenvalue weighted by Gasteiger charge is -2.29. The van der Waals surface area contributed by atoms with Gasteiger partial charge in [-0.1, -0.05) is 19.8 Å². The molecule has 0 spiro atoms. The smallest absolute Gasteiger partial charge is 0.321 e. The first-order valence-electron chi connectivity index (χ1n) is 9.49. The zero-order chi connectivity index (χ0) is 20.6. The third-order valence-electron chi connectivity index (χ3n) is 4.67. The highest BCUT2D eigenvalue weighted by atomic mass is 32.2. The molecule has 2 rings (SSSR count). The molecule has 1 saturated carbocycles. The zero-order valence-corrected chi connectivity index (χ0v) is 17.1. The van der Waals surface area contributed by atoms with E-state index in [0.717, 1.165) is 25.7 Å². The second-order valence-corrected chi connectivity index (χ2v) is 8.59. The number of esters is 1. The molecule has 1 aromatic rings. The summed E-state index contributed by atoms with van der Waals surface area (Å²) >= 11 is 0. The fraction of sp³-hybridized carbons (Fsp3) is 0.579. The maximum atomic E-state index is 12.2. The summed E-state index contributed by atoms with van der Waals surface area (Å²) in [4.78, 5) is 23.7. The molecule has 1 aliphatic rings. The summed E-state index contributed by atoms with van der Waals surface area (Å²) in [7, 11) is -3.86. The number of benzene rings is 1. The zero-order valence-electron chi connectivity index (χ0n) is 16.3. The van der Waals surface area contributed by atoms with Gasteiger partial charge in [-0.05, 0) is 49.9 Å². The number of amides is 1. The van der Waals surface area contributed by atoms with Gasteiger partial charge in [0.2, 0.25) is 10.0 Å². The molecule has 0 saturated heterocycles. The fourth-order valence-corrected chi connectivity index (χ4v) is 4.06. The molecule has 0 heterocycles. The van der Waals surface area contributed by atoms with E-state index in [1.54, 1.807) is 0 Å². The molecule has 1 fully saturated rings. The second kappa shape index (κ2) is 10.4. The molecule has 1 aromatic carbocycles. The molecule has 28 heavy (non-hydrogen) atoms. The van der Waals surface area contributed by atoms with Gasteiger partial charge in [-0.25, -0.2) is 8.42 Å². The van der Waals surface area contributed by atoms with Gasteiger partial charge in [-0.2, -0.15) is 4.72 Å². The third kappa shape index (κ3) is 6.79. The van der Waals surface area contributed by atoms with Crippen LogP contribution in [0.4, 0.5) is 0 Å². The highest BCUT2D eigenvalue weighted by Gasteiger charge is 2.23. The van der Waals surface area contributed by atoms with Crippen molar-refractivity contribution in [2.45, 2.75) is 50.5 Å². The Hall–Kier alpha value is -2.13. The molecule has 0 aromatic heterocycles. The van der Waals surface area contributed by atoms with Crippen LogP contribution in [-0.2, 0) is 24.3 Å². The van der Waals surface area contributed by atoms with Crippen molar-refractivity contribution in [3.8, 4) is 5.75 Å². The fourth-order valence-electron chi connectivity index (χ4n) is 3.10. The van der Waals surface area contributed by atoms with E-state index in [2.05, 4.69) is 17.0 Å². The molecule has 2 N–H and O–H groups in total. The van der Waals surface area contributed by atoms with Crippen molar-refractivity contribution in [1.82, 2.24) is 10.0 Å². The second-order valence-electron chi connectivity index (χ2n) is 6.83. The van der Waals surface area contributed by atoms with E-state index in [4.69, 9.17) is 9.47 Å². The molecule has 8 nitrogen and oxygen atoms in total. The van der Waals surface area contributed by atoms with E-state index in [-0.39, 0.29) is 16.8 Å². The number of rotatable bonds is 9. The van der Waals surface area contributed by atoms with Crippen LogP contribution in [0.25, 0.3) is 0 Å². The molecule has 1 amide bonds. The Morgan fingerprint density at radius 2 is 1.82 bits per heavy atom. The monoisotopic (exact) mass is 412 g/mol. The van der Waals surface area contributed by atoms with E-state index >= 15 is 0 Å². The topological polar surface area (TPSA) is 111 Å². The Morgan fingerprint density at radius 1 is 1.14 bits per heavy atom. The molecule has 156 valence electrons. The van der Waals surface area contributed by atoms with Crippen molar-refractivity contribution in [3.63, 3.8) is 0 Å². The van der Waals surface area contributed by atoms with Gasteiger partial charge in [0.1, 0.15) is 12.3 Å². The van der Waals surface area contributed by atoms with E-state index < -0.39 is 29.1 Å². The predicted octanol–water partition coefficient (Wildman–Crippen LogP) is 1.60. The maximum Gasteiger partial charge on any atom is 0.321 e. The number of hydrogen-bond donors (Lipinski definition) is 2. The Balaban J connectivity index is 1.75. The largest absolute Gasteiger partial charge is 0.494 e. The summed E-state index contributed by atoms with van der Waals surface area (Å²) in [5.41, 5.74) is 0. The Morgan fingerprint density at radius 3 is 2.46 bits per heavy atom. The minimum Gasteiger partial charge on any atom is -0.494 e. The summed E-state index contributed by atoms with van der Waals surface area (Å²) in [6.45, 7) is 3.42. The van der Waals surface area contributed by atoms with E-state index in [0.29, 0.717) is 18.3 Å². The number of sulfonamides is 1. The van der Waals surface area contributed by atoms with Gasteiger partial charge in [0.25, 0.3) is 5.91 Å². The molecule has 0 bridgehead atoms. The van der Waals surface area contributed by atoms with E-state index in [1.165, 1.54) is 24.3 Å². The first-order valence-corrected chi connectivity index (χ1v) is 11.0. The standard InChI is InChI=1S/C19H28N2O6S/c1-3-26-15-8-10-16(11-9-15)28(24,25)20-12-19(23)27-13-18(22)21-17-7-5-4-6-14(17)2/h8-11,14,17,20H,3-7,12-13H2,1-2H3,(H,21,22)/t14-,17+/m0/s1. The normalized spacial score (nSPS) is 19.6. The van der Waals surface area contributed by atoms with Gasteiger partial charge in [0.15, 0.2) is 6.61 Å². The van der Waals surface area contributed by atoms with Crippen LogP contribution < -0.4 is 14.8 Å². The molecule has 0 unspecified atom stereocenters. The van der Waals surface area contributed by atoms with Gasteiger partial charge in [0, 0.05) is 6.04 Å². The number of hydrogen-bond acceptors (Lipinski definition) is 6. The first kappa shape index (κ1) is 22.2. The van der Waals surface area contributed by atoms with Gasteiger partial charge in [0.05, 0.1) is 11.5 Å². The lowest BCUT2D eigenvalue weighted by molar-refractivity contribution is -0.147. The highest BCUT2D eigenvalue weighted by Crippen LogP contribution is 2.23. The lowest BCUT2D eigenvalue weighted by Crippen LogP contribution is -2.43. The highest BCUT2D eigenvalue weighted by molar-refractivity contribution is 7.89. The van der Waals surface area contributed by atoms with Crippen LogP contribution in [0.5, 0.6) is 5.75 Å². The summed E-state index contributed by atoms with van der Waals surface area (Å²) in [5, 5.41) is 2.87. The Bertz CT molecular complexity index is 763. The summed E-state index contributed by atoms with van der Waals surface area (Å²) in [6.07, 6.45) is 4.22. The van der Waals surface area contributed by atoms with Crippen molar-refractivity contribution in [2.75, 3.05) is 19.8 Å². The van der Waals surface area contributed by atoms with Crippen LogP contribution in [0, 0.1) is 5.92 Å². The quantitative estimate of drug-likeness (QED) is 0.596.